The lowest BCUT2D eigenvalue weighted by Gasteiger charge is -2.16. The monoisotopic (exact) mass is 304 g/mol. The van der Waals surface area contributed by atoms with Crippen molar-refractivity contribution in [1.29, 1.82) is 0 Å². The lowest BCUT2D eigenvalue weighted by atomic mass is 10.1. The summed E-state index contributed by atoms with van der Waals surface area (Å²) < 4.78 is 13.8. The number of nitrogens with two attached hydrogens (primary N) is 1. The second-order valence-corrected chi connectivity index (χ2v) is 5.87. The molecular formula is C14H13FN4OS. The summed E-state index contributed by atoms with van der Waals surface area (Å²) in [7, 11) is 0. The molecule has 1 aromatic heterocycles. The van der Waals surface area contributed by atoms with Gasteiger partial charge in [0.15, 0.2) is 0 Å². The van der Waals surface area contributed by atoms with E-state index in [1.54, 1.807) is 12.1 Å². The maximum atomic E-state index is 13.8. The maximum Gasteiger partial charge on any atom is 0.267 e. The van der Waals surface area contributed by atoms with Crippen LogP contribution in [0.15, 0.2) is 34.5 Å². The van der Waals surface area contributed by atoms with Gasteiger partial charge in [-0.1, -0.05) is 6.92 Å². The molecule has 21 heavy (non-hydrogen) atoms. The molecule has 5 nitrogen and oxygen atoms in total. The minimum Gasteiger partial charge on any atom is -0.321 e. The highest BCUT2D eigenvalue weighted by molar-refractivity contribution is 8.10. The molecule has 1 amide bonds. The van der Waals surface area contributed by atoms with E-state index in [9.17, 15) is 9.18 Å². The summed E-state index contributed by atoms with van der Waals surface area (Å²) in [6.07, 6.45) is 5.04. The van der Waals surface area contributed by atoms with Crippen molar-refractivity contribution >= 4 is 34.1 Å². The fourth-order valence-corrected chi connectivity index (χ4v) is 3.22. The lowest BCUT2D eigenvalue weighted by molar-refractivity contribution is -0.116. The van der Waals surface area contributed by atoms with E-state index in [4.69, 9.17) is 5.73 Å². The molecule has 0 saturated heterocycles. The van der Waals surface area contributed by atoms with E-state index in [1.165, 1.54) is 18.0 Å². The van der Waals surface area contributed by atoms with Crippen LogP contribution in [0.25, 0.3) is 4.91 Å². The third-order valence-electron chi connectivity index (χ3n) is 3.29. The number of aliphatic imine (C=N–C) groups is 2. The Morgan fingerprint density at radius 2 is 2.29 bits per heavy atom. The molecule has 0 spiro atoms. The first-order valence-electron chi connectivity index (χ1n) is 6.55. The Bertz CT molecular complexity index is 698. The number of rotatable bonds is 3. The van der Waals surface area contributed by atoms with E-state index in [0.29, 0.717) is 28.4 Å². The maximum absolute atomic E-state index is 13.8. The van der Waals surface area contributed by atoms with Crippen LogP contribution < -0.4 is 5.73 Å². The molecule has 0 aliphatic carbocycles. The van der Waals surface area contributed by atoms with Crippen LogP contribution in [0.3, 0.4) is 0 Å². The molecule has 2 aliphatic rings. The summed E-state index contributed by atoms with van der Waals surface area (Å²) in [5, 5.41) is -0.500. The zero-order valence-corrected chi connectivity index (χ0v) is 12.1. The summed E-state index contributed by atoms with van der Waals surface area (Å²) in [5.41, 5.74) is 6.88. The molecule has 2 N–H and O–H groups in total. The molecule has 3 heterocycles. The summed E-state index contributed by atoms with van der Waals surface area (Å²) >= 11 is 1.26. The fraction of sp³-hybridized carbons (Fsp3) is 0.286. The second kappa shape index (κ2) is 5.50. The molecule has 0 aromatic carbocycles. The Labute approximate surface area is 125 Å². The number of hydrogen-bond acceptors (Lipinski definition) is 5. The van der Waals surface area contributed by atoms with Gasteiger partial charge in [-0.05, 0) is 18.6 Å². The van der Waals surface area contributed by atoms with Crippen LogP contribution in [0.2, 0.25) is 0 Å². The Kier molecular flexibility index (Phi) is 3.69. The van der Waals surface area contributed by atoms with Gasteiger partial charge in [0.2, 0.25) is 0 Å². The first kappa shape index (κ1) is 14.1. The van der Waals surface area contributed by atoms with E-state index in [0.717, 1.165) is 6.20 Å². The zero-order chi connectivity index (χ0) is 15.0. The highest BCUT2D eigenvalue weighted by Gasteiger charge is 2.35. The topological polar surface area (TPSA) is 80.7 Å². The second-order valence-electron chi connectivity index (χ2n) is 4.72. The standard InChI is InChI=1S/C14H13FN4OS/c1-2-9(16)13-18-10-5-11(21-12(10)14(20)19-13)7-3-4-17-6-8(7)15/h3-6,9,12H,2,16H2,1H3/t9-,12?/m0/s1. The predicted molar refractivity (Wildman–Crippen MR) is 81.7 cm³/mol. The number of nitrogens with zero attached hydrogens (tertiary/aromatic N) is 3. The normalized spacial score (nSPS) is 22.3. The Hall–Kier alpha value is -1.86. The molecule has 1 unspecified atom stereocenters. The van der Waals surface area contributed by atoms with E-state index >= 15 is 0 Å². The van der Waals surface area contributed by atoms with Crippen LogP contribution >= 0.6 is 11.8 Å². The third-order valence-corrected chi connectivity index (χ3v) is 4.57. The minimum atomic E-state index is -0.500. The molecule has 0 saturated carbocycles. The first-order valence-corrected chi connectivity index (χ1v) is 7.43. The first-order chi connectivity index (χ1) is 10.1. The predicted octanol–water partition coefficient (Wildman–Crippen LogP) is 1.79. The Balaban J connectivity index is 1.96. The number of pyridine rings is 1. The Morgan fingerprint density at radius 3 is 3.00 bits per heavy atom. The van der Waals surface area contributed by atoms with Gasteiger partial charge in [0, 0.05) is 16.7 Å². The number of carbonyl (C=O) groups is 1. The molecule has 0 bridgehead atoms. The van der Waals surface area contributed by atoms with Crippen LogP contribution in [0.1, 0.15) is 18.9 Å². The summed E-state index contributed by atoms with van der Waals surface area (Å²) in [6, 6.07) is 1.22. The van der Waals surface area contributed by atoms with Crippen molar-refractivity contribution in [3.8, 4) is 0 Å². The van der Waals surface area contributed by atoms with Crippen molar-refractivity contribution in [2.45, 2.75) is 24.6 Å². The van der Waals surface area contributed by atoms with Gasteiger partial charge >= 0.3 is 0 Å². The van der Waals surface area contributed by atoms with Crippen molar-refractivity contribution in [1.82, 2.24) is 4.98 Å². The largest absolute Gasteiger partial charge is 0.321 e. The van der Waals surface area contributed by atoms with Crippen LogP contribution in [-0.2, 0) is 4.79 Å². The minimum absolute atomic E-state index is 0.287. The highest BCUT2D eigenvalue weighted by Crippen LogP contribution is 2.40. The van der Waals surface area contributed by atoms with Gasteiger partial charge in [0.05, 0.1) is 18.0 Å². The molecule has 0 radical (unpaired) electrons. The van der Waals surface area contributed by atoms with Gasteiger partial charge in [-0.3, -0.25) is 9.78 Å². The molecule has 0 fully saturated rings. The quantitative estimate of drug-likeness (QED) is 0.923. The number of aromatic nitrogens is 1. The van der Waals surface area contributed by atoms with Crippen molar-refractivity contribution < 1.29 is 9.18 Å². The smallest absolute Gasteiger partial charge is 0.267 e. The molecular weight excluding hydrogens is 291 g/mol. The third kappa shape index (κ3) is 2.54. The van der Waals surface area contributed by atoms with E-state index in [1.807, 2.05) is 6.92 Å². The van der Waals surface area contributed by atoms with Gasteiger partial charge in [-0.25, -0.2) is 9.38 Å². The van der Waals surface area contributed by atoms with Gasteiger partial charge in [-0.2, -0.15) is 4.99 Å². The average molecular weight is 304 g/mol. The number of fused-ring (bicyclic) bond motifs is 1. The van der Waals surface area contributed by atoms with Crippen molar-refractivity contribution in [3.05, 3.63) is 35.9 Å². The Morgan fingerprint density at radius 1 is 1.48 bits per heavy atom. The van der Waals surface area contributed by atoms with Crippen LogP contribution in [-0.4, -0.2) is 33.7 Å². The summed E-state index contributed by atoms with van der Waals surface area (Å²) in [5.74, 6) is -0.360. The van der Waals surface area contributed by atoms with Crippen LogP contribution in [0, 0.1) is 5.82 Å². The lowest BCUT2D eigenvalue weighted by Crippen LogP contribution is -2.36. The molecule has 2 aliphatic heterocycles. The van der Waals surface area contributed by atoms with Crippen molar-refractivity contribution in [2.75, 3.05) is 0 Å². The van der Waals surface area contributed by atoms with E-state index < -0.39 is 11.1 Å². The molecule has 108 valence electrons. The van der Waals surface area contributed by atoms with Crippen molar-refractivity contribution in [2.24, 2.45) is 15.7 Å². The number of amidine groups is 1. The summed E-state index contributed by atoms with van der Waals surface area (Å²) in [4.78, 5) is 24.8. The van der Waals surface area contributed by atoms with Gasteiger partial charge in [-0.15, -0.1) is 11.8 Å². The number of carbonyl (C=O) groups excluding carboxylic acids is 1. The fourth-order valence-electron chi connectivity index (χ4n) is 2.09. The van der Waals surface area contributed by atoms with Gasteiger partial charge in [0.1, 0.15) is 16.9 Å². The number of thioether (sulfide) groups is 1. The molecule has 1 aromatic rings. The van der Waals surface area contributed by atoms with Crippen LogP contribution in [0.5, 0.6) is 0 Å². The number of hydrogen-bond donors (Lipinski definition) is 1. The molecule has 2 atom stereocenters. The number of allylic oxidation sites excluding steroid dienone is 1. The summed E-state index contributed by atoms with van der Waals surface area (Å²) in [6.45, 7) is 1.90. The van der Waals surface area contributed by atoms with E-state index in [-0.39, 0.29) is 11.9 Å². The van der Waals surface area contributed by atoms with Crippen LogP contribution in [0.4, 0.5) is 4.39 Å². The average Bonchev–Trinajstić information content (AvgIpc) is 2.91. The van der Waals surface area contributed by atoms with Gasteiger partial charge < -0.3 is 5.73 Å². The number of halogens is 1. The van der Waals surface area contributed by atoms with E-state index in [2.05, 4.69) is 15.0 Å². The molecule has 3 rings (SSSR count). The number of amides is 1. The van der Waals surface area contributed by atoms with Gasteiger partial charge in [0.25, 0.3) is 5.91 Å². The van der Waals surface area contributed by atoms with Crippen molar-refractivity contribution in [3.63, 3.8) is 0 Å². The molecule has 7 heteroatoms. The highest BCUT2D eigenvalue weighted by atomic mass is 32.2. The zero-order valence-electron chi connectivity index (χ0n) is 11.3. The SMILES string of the molecule is CC[C@H](N)C1=NC(=O)C2SC(c3ccncc3F)=CC2=N1.